The molecule has 1 aliphatic heterocycles. The lowest BCUT2D eigenvalue weighted by atomic mass is 9.83. The Kier molecular flexibility index (Phi) is 5.71. The number of piperidine rings is 1. The van der Waals surface area contributed by atoms with Crippen molar-refractivity contribution in [2.75, 3.05) is 26.0 Å². The normalized spacial score (nSPS) is 21.2. The first kappa shape index (κ1) is 18.7. The molecule has 0 bridgehead atoms. The Morgan fingerprint density at radius 3 is 2.52 bits per heavy atom. The average Bonchev–Trinajstić information content (AvgIpc) is 3.34. The van der Waals surface area contributed by atoms with Crippen molar-refractivity contribution in [1.29, 1.82) is 0 Å². The molecule has 0 radical (unpaired) electrons. The lowest BCUT2D eigenvalue weighted by Crippen LogP contribution is -2.55. The quantitative estimate of drug-likeness (QED) is 0.769. The topological polar surface area (TPSA) is 58.6 Å². The molecule has 0 unspecified atom stereocenters. The van der Waals surface area contributed by atoms with Crippen molar-refractivity contribution in [1.82, 2.24) is 9.62 Å². The van der Waals surface area contributed by atoms with Crippen LogP contribution in [0, 0.1) is 5.92 Å². The van der Waals surface area contributed by atoms with Crippen molar-refractivity contribution in [3.8, 4) is 5.75 Å². The van der Waals surface area contributed by atoms with Crippen LogP contribution in [0.25, 0.3) is 0 Å². The van der Waals surface area contributed by atoms with E-state index < -0.39 is 10.0 Å². The van der Waals surface area contributed by atoms with Crippen molar-refractivity contribution in [2.24, 2.45) is 5.92 Å². The van der Waals surface area contributed by atoms with Crippen LogP contribution in [-0.4, -0.2) is 44.8 Å². The summed E-state index contributed by atoms with van der Waals surface area (Å²) in [6.45, 7) is 5.35. The predicted octanol–water partition coefficient (Wildman–Crippen LogP) is 2.77. The molecule has 1 saturated heterocycles. The van der Waals surface area contributed by atoms with Gasteiger partial charge in [-0.15, -0.1) is 0 Å². The third kappa shape index (κ3) is 5.43. The highest BCUT2D eigenvalue weighted by Crippen LogP contribution is 2.41. The maximum Gasteiger partial charge on any atom is 0.209 e. The van der Waals surface area contributed by atoms with Crippen LogP contribution in [0.4, 0.5) is 0 Å². The Hall–Kier alpha value is -1.11. The van der Waals surface area contributed by atoms with Crippen molar-refractivity contribution in [3.63, 3.8) is 0 Å². The number of sulfonamides is 1. The van der Waals surface area contributed by atoms with E-state index >= 15 is 0 Å². The van der Waals surface area contributed by atoms with Gasteiger partial charge in [0.2, 0.25) is 10.0 Å². The van der Waals surface area contributed by atoms with Crippen LogP contribution in [0.2, 0.25) is 0 Å². The minimum Gasteiger partial charge on any atom is -0.494 e. The molecule has 0 spiro atoms. The third-order valence-corrected chi connectivity index (χ3v) is 6.06. The second kappa shape index (κ2) is 7.64. The Bertz CT molecular complexity index is 678. The van der Waals surface area contributed by atoms with Gasteiger partial charge in [0.1, 0.15) is 5.75 Å². The van der Waals surface area contributed by atoms with Gasteiger partial charge in [0, 0.05) is 30.7 Å². The van der Waals surface area contributed by atoms with E-state index in [1.807, 2.05) is 25.1 Å². The molecule has 25 heavy (non-hydrogen) atoms. The molecule has 140 valence electrons. The number of para-hydroxylation sites is 1. The van der Waals surface area contributed by atoms with Crippen LogP contribution in [0.1, 0.15) is 44.6 Å². The Labute approximate surface area is 151 Å². The molecule has 1 aromatic rings. The van der Waals surface area contributed by atoms with Gasteiger partial charge < -0.3 is 4.74 Å². The molecule has 1 saturated carbocycles. The molecule has 2 aliphatic rings. The van der Waals surface area contributed by atoms with E-state index in [4.69, 9.17) is 4.74 Å². The van der Waals surface area contributed by atoms with Crippen LogP contribution in [0.3, 0.4) is 0 Å². The molecule has 6 heteroatoms. The Morgan fingerprint density at radius 2 is 1.92 bits per heavy atom. The van der Waals surface area contributed by atoms with Gasteiger partial charge in [0.25, 0.3) is 0 Å². The van der Waals surface area contributed by atoms with Gasteiger partial charge in [-0.1, -0.05) is 31.0 Å². The van der Waals surface area contributed by atoms with Crippen LogP contribution < -0.4 is 9.46 Å². The second-order valence-electron chi connectivity index (χ2n) is 7.62. The van der Waals surface area contributed by atoms with E-state index in [-0.39, 0.29) is 5.54 Å². The van der Waals surface area contributed by atoms with Crippen molar-refractivity contribution < 1.29 is 13.2 Å². The standard InChI is InChI=1S/C19H30N2O3S/c1-3-24-18-7-5-4-6-17(18)15-21-12-10-19(11-13-21,14-16-8-9-16)20-25(2,22)23/h4-7,16,20H,3,8-15H2,1-2H3. The molecule has 0 atom stereocenters. The zero-order valence-corrected chi connectivity index (χ0v) is 16.1. The molecule has 0 aromatic heterocycles. The molecule has 3 rings (SSSR count). The number of hydrogen-bond acceptors (Lipinski definition) is 4. The van der Waals surface area contributed by atoms with Crippen molar-refractivity contribution in [2.45, 2.75) is 51.1 Å². The highest BCUT2D eigenvalue weighted by atomic mass is 32.2. The lowest BCUT2D eigenvalue weighted by molar-refractivity contribution is 0.133. The fourth-order valence-electron chi connectivity index (χ4n) is 3.93. The predicted molar refractivity (Wildman–Crippen MR) is 100 cm³/mol. The summed E-state index contributed by atoms with van der Waals surface area (Å²) in [6.07, 6.45) is 6.54. The van der Waals surface area contributed by atoms with Crippen LogP contribution in [-0.2, 0) is 16.6 Å². The Morgan fingerprint density at radius 1 is 1.24 bits per heavy atom. The number of ether oxygens (including phenoxy) is 1. The highest BCUT2D eigenvalue weighted by Gasteiger charge is 2.41. The summed E-state index contributed by atoms with van der Waals surface area (Å²) in [4.78, 5) is 2.41. The minimum atomic E-state index is -3.18. The van der Waals surface area contributed by atoms with Crippen LogP contribution in [0.5, 0.6) is 5.75 Å². The summed E-state index contributed by atoms with van der Waals surface area (Å²) in [5.41, 5.74) is 0.958. The monoisotopic (exact) mass is 366 g/mol. The number of hydrogen-bond donors (Lipinski definition) is 1. The molecule has 1 heterocycles. The van der Waals surface area contributed by atoms with Crippen molar-refractivity contribution >= 4 is 10.0 Å². The fourth-order valence-corrected chi connectivity index (χ4v) is 5.00. The first-order chi connectivity index (χ1) is 11.9. The molecule has 1 aromatic carbocycles. The molecular weight excluding hydrogens is 336 g/mol. The van der Waals surface area contributed by atoms with Gasteiger partial charge in [0.05, 0.1) is 12.9 Å². The van der Waals surface area contributed by atoms with Gasteiger partial charge >= 0.3 is 0 Å². The van der Waals surface area contributed by atoms with Gasteiger partial charge in [0.15, 0.2) is 0 Å². The Balaban J connectivity index is 1.63. The van der Waals surface area contributed by atoms with Gasteiger partial charge in [-0.2, -0.15) is 0 Å². The smallest absolute Gasteiger partial charge is 0.209 e. The zero-order chi connectivity index (χ0) is 17.9. The SMILES string of the molecule is CCOc1ccccc1CN1CCC(CC2CC2)(NS(C)(=O)=O)CC1. The number of nitrogens with zero attached hydrogens (tertiary/aromatic N) is 1. The summed E-state index contributed by atoms with van der Waals surface area (Å²) in [7, 11) is -3.18. The van der Waals surface area contributed by atoms with Crippen molar-refractivity contribution in [3.05, 3.63) is 29.8 Å². The minimum absolute atomic E-state index is 0.245. The number of nitrogens with one attached hydrogen (secondary N) is 1. The first-order valence-corrected chi connectivity index (χ1v) is 11.2. The fraction of sp³-hybridized carbons (Fsp3) is 0.684. The average molecular weight is 367 g/mol. The van der Waals surface area contributed by atoms with Gasteiger partial charge in [-0.3, -0.25) is 4.90 Å². The van der Waals surface area contributed by atoms with Crippen LogP contribution >= 0.6 is 0 Å². The second-order valence-corrected chi connectivity index (χ2v) is 9.37. The van der Waals surface area contributed by atoms with Crippen LogP contribution in [0.15, 0.2) is 24.3 Å². The first-order valence-electron chi connectivity index (χ1n) is 9.31. The molecule has 1 N–H and O–H groups in total. The zero-order valence-electron chi connectivity index (χ0n) is 15.3. The lowest BCUT2D eigenvalue weighted by Gasteiger charge is -2.42. The van der Waals surface area contributed by atoms with E-state index in [1.54, 1.807) is 0 Å². The highest BCUT2D eigenvalue weighted by molar-refractivity contribution is 7.88. The molecule has 0 amide bonds. The van der Waals surface area contributed by atoms with E-state index in [0.717, 1.165) is 44.6 Å². The maximum atomic E-state index is 11.9. The van der Waals surface area contributed by atoms with E-state index in [0.29, 0.717) is 12.5 Å². The summed E-state index contributed by atoms with van der Waals surface area (Å²) in [6, 6.07) is 8.18. The van der Waals surface area contributed by atoms with E-state index in [2.05, 4.69) is 15.7 Å². The van der Waals surface area contributed by atoms with Gasteiger partial charge in [-0.05, 0) is 38.2 Å². The molecule has 5 nitrogen and oxygen atoms in total. The maximum absolute atomic E-state index is 11.9. The summed E-state index contributed by atoms with van der Waals surface area (Å²) < 4.78 is 32.4. The molecule has 1 aliphatic carbocycles. The molecule has 2 fully saturated rings. The number of rotatable bonds is 8. The number of benzene rings is 1. The van der Waals surface area contributed by atoms with E-state index in [1.165, 1.54) is 24.7 Å². The summed E-state index contributed by atoms with van der Waals surface area (Å²) >= 11 is 0. The van der Waals surface area contributed by atoms with E-state index in [9.17, 15) is 8.42 Å². The third-order valence-electron chi connectivity index (χ3n) is 5.26. The number of likely N-dealkylation sites (tertiary alicyclic amines) is 1. The molecular formula is C19H30N2O3S. The summed E-state index contributed by atoms with van der Waals surface area (Å²) in [5.74, 6) is 1.66. The van der Waals surface area contributed by atoms with Gasteiger partial charge in [-0.25, -0.2) is 13.1 Å². The summed E-state index contributed by atoms with van der Waals surface area (Å²) in [5, 5.41) is 0. The largest absolute Gasteiger partial charge is 0.494 e.